The van der Waals surface area contributed by atoms with Crippen LogP contribution in [0.4, 0.5) is 0 Å². The Hall–Kier alpha value is -6.44. The quantitative estimate of drug-likeness (QED) is 0.159. The summed E-state index contributed by atoms with van der Waals surface area (Å²) in [4.78, 5) is 28.6. The molecule has 0 radical (unpaired) electrons. The average molecular weight is 981 g/mol. The third-order valence-corrected chi connectivity index (χ3v) is 13.5. The third kappa shape index (κ3) is 12.4. The predicted molar refractivity (Wildman–Crippen MR) is 272 cm³/mol. The lowest BCUT2D eigenvalue weighted by molar-refractivity contribution is -0.142. The van der Waals surface area contributed by atoms with E-state index >= 15 is 0 Å². The maximum absolute atomic E-state index is 14.3. The van der Waals surface area contributed by atoms with Crippen molar-refractivity contribution in [3.8, 4) is 11.5 Å². The zero-order valence-electron chi connectivity index (χ0n) is 41.6. The minimum absolute atomic E-state index is 0.0759. The van der Waals surface area contributed by atoms with Gasteiger partial charge in [0.15, 0.2) is 22.7 Å². The number of benzene rings is 5. The van der Waals surface area contributed by atoms with Crippen molar-refractivity contribution in [2.24, 2.45) is 11.8 Å². The van der Waals surface area contributed by atoms with Crippen molar-refractivity contribution in [3.63, 3.8) is 0 Å². The smallest absolute Gasteiger partial charge is 0.337 e. The van der Waals surface area contributed by atoms with E-state index in [1.54, 1.807) is 0 Å². The third-order valence-electron chi connectivity index (χ3n) is 13.5. The van der Waals surface area contributed by atoms with Gasteiger partial charge in [0, 0.05) is 34.1 Å². The Morgan fingerprint density at radius 3 is 0.944 bits per heavy atom. The largest absolute Gasteiger partial charge is 0.487 e. The summed E-state index contributed by atoms with van der Waals surface area (Å²) in [6, 6.07) is 48.1. The number of cyclic esters (lactones) is 2. The molecule has 380 valence electrons. The van der Waals surface area contributed by atoms with Crippen LogP contribution in [0.15, 0.2) is 168 Å². The first kappa shape index (κ1) is 51.9. The number of ether oxygens (including phenoxy) is 10. The van der Waals surface area contributed by atoms with E-state index in [0.717, 1.165) is 47.9 Å². The molecule has 72 heavy (non-hydrogen) atoms. The zero-order chi connectivity index (χ0) is 49.9. The van der Waals surface area contributed by atoms with Gasteiger partial charge in [-0.25, -0.2) is 9.59 Å². The molecule has 0 spiro atoms. The second kappa shape index (κ2) is 26.3. The highest BCUT2D eigenvalue weighted by Gasteiger charge is 2.55. The van der Waals surface area contributed by atoms with E-state index in [1.165, 1.54) is 0 Å². The van der Waals surface area contributed by atoms with Crippen LogP contribution in [0.25, 0.3) is 0 Å². The molecule has 2 atom stereocenters. The minimum Gasteiger partial charge on any atom is -0.487 e. The predicted octanol–water partition coefficient (Wildman–Crippen LogP) is 10.7. The van der Waals surface area contributed by atoms with Gasteiger partial charge < -0.3 is 47.4 Å². The average Bonchev–Trinajstić information content (AvgIpc) is 3.89. The van der Waals surface area contributed by atoms with E-state index in [1.807, 2.05) is 111 Å². The normalized spacial score (nSPS) is 21.6. The summed E-state index contributed by atoms with van der Waals surface area (Å²) in [5.41, 5.74) is 3.02. The molecule has 0 amide bonds. The van der Waals surface area contributed by atoms with Crippen LogP contribution < -0.4 is 9.47 Å². The topological polar surface area (TPSA) is 126 Å². The molecule has 0 saturated carbocycles. The Kier molecular flexibility index (Phi) is 19.0. The van der Waals surface area contributed by atoms with Gasteiger partial charge in [0.25, 0.3) is 0 Å². The SMILES string of the molecule is CC1=C2C(=O)OCCOCCOCCOc3ccccc3OCCOCCOCCOC(=O)C3=C(C)OC(c4ccccc4)(c4ccccc4)C3CCCCCCC2C(c2ccccc2)(c2ccccc2)O1. The van der Waals surface area contributed by atoms with Gasteiger partial charge in [-0.05, 0) is 38.8 Å². The monoisotopic (exact) mass is 980 g/mol. The fourth-order valence-electron chi connectivity index (χ4n) is 10.4. The summed E-state index contributed by atoms with van der Waals surface area (Å²) in [6.07, 6.45) is 4.70. The molecule has 0 bridgehead atoms. The van der Waals surface area contributed by atoms with Crippen molar-refractivity contribution in [1.29, 1.82) is 0 Å². The first-order chi connectivity index (χ1) is 35.4. The van der Waals surface area contributed by atoms with Crippen molar-refractivity contribution < 1.29 is 57.0 Å². The van der Waals surface area contributed by atoms with E-state index in [4.69, 9.17) is 47.4 Å². The van der Waals surface area contributed by atoms with Crippen LogP contribution in [-0.4, -0.2) is 91.2 Å². The number of hydrogen-bond donors (Lipinski definition) is 0. The molecule has 2 unspecified atom stereocenters. The van der Waals surface area contributed by atoms with Crippen molar-refractivity contribution >= 4 is 11.9 Å². The number of para-hydroxylation sites is 2. The standard InChI is InChI=1S/C60H68O12/c1-45-55-51(59(71-45,47-21-9-5-10-22-47)48-23-11-6-12-24-48)29-17-3-4-18-30-52-56(46(2)72-60(52,49-25-13-7-14-26-49)50-27-15-8-16-28-50)58(62)70-44-40-66-36-34-64-38-42-68-54-32-20-19-31-53(54)67-41-37-63-33-35-65-39-43-69-57(55)61/h5-16,19-28,31-32,51-52H,3-4,17-18,29-30,33-44H2,1-2H3. The summed E-state index contributed by atoms with van der Waals surface area (Å²) in [7, 11) is 0. The Balaban J connectivity index is 1.01. The number of hydrogen-bond acceptors (Lipinski definition) is 12. The fourth-order valence-corrected chi connectivity index (χ4v) is 10.4. The molecule has 5 aromatic rings. The van der Waals surface area contributed by atoms with E-state index in [0.29, 0.717) is 99.9 Å². The van der Waals surface area contributed by atoms with Crippen LogP contribution in [0, 0.1) is 11.8 Å². The number of rotatable bonds is 4. The number of esters is 2. The van der Waals surface area contributed by atoms with Gasteiger partial charge in [-0.3, -0.25) is 0 Å². The molecule has 12 heteroatoms. The highest BCUT2D eigenvalue weighted by Crippen LogP contribution is 2.55. The fraction of sp³-hybridized carbons (Fsp3) is 0.400. The summed E-state index contributed by atoms with van der Waals surface area (Å²) >= 11 is 0. The van der Waals surface area contributed by atoms with E-state index < -0.39 is 23.1 Å². The lowest BCUT2D eigenvalue weighted by Gasteiger charge is -2.37. The molecule has 0 N–H and O–H groups in total. The van der Waals surface area contributed by atoms with E-state index in [2.05, 4.69) is 48.5 Å². The molecule has 5 aromatic carbocycles. The molecule has 0 aliphatic carbocycles. The second-order valence-corrected chi connectivity index (χ2v) is 18.0. The van der Waals surface area contributed by atoms with Crippen molar-refractivity contribution in [3.05, 3.63) is 191 Å². The Bertz CT molecular complexity index is 2270. The number of fused-ring (bicyclic) bond motifs is 3. The molecule has 0 fully saturated rings. The van der Waals surface area contributed by atoms with Gasteiger partial charge in [0.05, 0.1) is 64.0 Å². The first-order valence-electron chi connectivity index (χ1n) is 25.4. The Morgan fingerprint density at radius 1 is 0.347 bits per heavy atom. The molecule has 12 nitrogen and oxygen atoms in total. The summed E-state index contributed by atoms with van der Waals surface area (Å²) in [5, 5.41) is 0. The molecular weight excluding hydrogens is 913 g/mol. The van der Waals surface area contributed by atoms with Crippen LogP contribution >= 0.6 is 0 Å². The highest BCUT2D eigenvalue weighted by atomic mass is 16.6. The minimum atomic E-state index is -0.953. The van der Waals surface area contributed by atoms with Gasteiger partial charge in [0.1, 0.15) is 37.9 Å². The van der Waals surface area contributed by atoms with E-state index in [9.17, 15) is 9.59 Å². The van der Waals surface area contributed by atoms with Crippen LogP contribution in [-0.2, 0) is 58.7 Å². The van der Waals surface area contributed by atoms with Gasteiger partial charge in [-0.2, -0.15) is 0 Å². The Labute approximate surface area is 424 Å². The summed E-state index contributed by atoms with van der Waals surface area (Å²) in [5.74, 6) is 0.792. The first-order valence-corrected chi connectivity index (χ1v) is 25.4. The molecule has 3 aliphatic rings. The molecule has 0 aromatic heterocycles. The lowest BCUT2D eigenvalue weighted by Crippen LogP contribution is -2.37. The van der Waals surface area contributed by atoms with Gasteiger partial charge >= 0.3 is 11.9 Å². The number of carbonyl (C=O) groups excluding carboxylic acids is 2. The maximum Gasteiger partial charge on any atom is 0.337 e. The maximum atomic E-state index is 14.3. The van der Waals surface area contributed by atoms with Crippen LogP contribution in [0.5, 0.6) is 11.5 Å². The molecule has 3 aliphatic heterocycles. The number of allylic oxidation sites excluding steroid dienone is 2. The van der Waals surface area contributed by atoms with Gasteiger partial charge in [0.2, 0.25) is 0 Å². The van der Waals surface area contributed by atoms with E-state index in [-0.39, 0.29) is 38.3 Å². The second-order valence-electron chi connectivity index (χ2n) is 18.0. The van der Waals surface area contributed by atoms with Gasteiger partial charge in [-0.1, -0.05) is 159 Å². The van der Waals surface area contributed by atoms with Crippen LogP contribution in [0.2, 0.25) is 0 Å². The van der Waals surface area contributed by atoms with Crippen LogP contribution in [0.1, 0.15) is 74.6 Å². The van der Waals surface area contributed by atoms with Crippen molar-refractivity contribution in [2.45, 2.75) is 63.6 Å². The summed E-state index contributed by atoms with van der Waals surface area (Å²) in [6.45, 7) is 7.02. The van der Waals surface area contributed by atoms with Gasteiger partial charge in [-0.15, -0.1) is 0 Å². The van der Waals surface area contributed by atoms with Crippen LogP contribution in [0.3, 0.4) is 0 Å². The van der Waals surface area contributed by atoms with Crippen molar-refractivity contribution in [2.75, 3.05) is 79.3 Å². The Morgan fingerprint density at radius 2 is 0.625 bits per heavy atom. The zero-order valence-corrected chi connectivity index (χ0v) is 41.6. The highest BCUT2D eigenvalue weighted by molar-refractivity contribution is 5.91. The number of carbonyl (C=O) groups is 2. The lowest BCUT2D eigenvalue weighted by atomic mass is 9.71. The molecule has 0 saturated heterocycles. The molecule has 8 rings (SSSR count). The molecule has 3 heterocycles. The molecular formula is C60H68O12. The van der Waals surface area contributed by atoms with Crippen molar-refractivity contribution in [1.82, 2.24) is 0 Å². The summed E-state index contributed by atoms with van der Waals surface area (Å²) < 4.78 is 60.9.